The molecule has 0 unspecified atom stereocenters. The summed E-state index contributed by atoms with van der Waals surface area (Å²) < 4.78 is 15.7. The Labute approximate surface area is 183 Å². The molecule has 162 valence electrons. The third kappa shape index (κ3) is 4.56. The summed E-state index contributed by atoms with van der Waals surface area (Å²) in [6, 6.07) is 7.12. The summed E-state index contributed by atoms with van der Waals surface area (Å²) in [6.07, 6.45) is 4.39. The van der Waals surface area contributed by atoms with Crippen LogP contribution >= 0.6 is 11.3 Å². The van der Waals surface area contributed by atoms with Gasteiger partial charge >= 0.3 is 0 Å². The number of rotatable bonds is 6. The molecule has 0 radical (unpaired) electrons. The molecule has 0 aliphatic carbocycles. The molecule has 1 aliphatic rings. The highest BCUT2D eigenvalue weighted by Crippen LogP contribution is 2.35. The van der Waals surface area contributed by atoms with Crippen LogP contribution in [0.1, 0.15) is 23.2 Å². The molecule has 3 aromatic rings. The second-order valence-corrected chi connectivity index (χ2v) is 8.05. The summed E-state index contributed by atoms with van der Waals surface area (Å²) in [4.78, 5) is 31.7. The monoisotopic (exact) mass is 441 g/mol. The van der Waals surface area contributed by atoms with Crippen molar-refractivity contribution in [3.05, 3.63) is 47.7 Å². The maximum Gasteiger partial charge on any atom is 0.257 e. The van der Waals surface area contributed by atoms with E-state index in [-0.39, 0.29) is 17.7 Å². The van der Waals surface area contributed by atoms with E-state index in [1.807, 2.05) is 23.6 Å². The topological polar surface area (TPSA) is 93.9 Å². The maximum atomic E-state index is 12.8. The fourth-order valence-corrected chi connectivity index (χ4v) is 4.33. The van der Waals surface area contributed by atoms with Crippen molar-refractivity contribution in [2.45, 2.75) is 12.8 Å². The fraction of sp³-hybridized carbons (Fsp3) is 0.318. The van der Waals surface area contributed by atoms with Crippen molar-refractivity contribution in [1.29, 1.82) is 0 Å². The number of methoxy groups -OCH3 is 2. The summed E-state index contributed by atoms with van der Waals surface area (Å²) in [5.41, 5.74) is 1.97. The van der Waals surface area contributed by atoms with E-state index in [1.165, 1.54) is 23.9 Å². The number of hydrogen-bond acceptors (Lipinski definition) is 7. The average Bonchev–Trinajstić information content (AvgIpc) is 3.51. The molecule has 1 atom stereocenters. The fourth-order valence-electron chi connectivity index (χ4n) is 3.62. The van der Waals surface area contributed by atoms with E-state index in [4.69, 9.17) is 13.9 Å². The molecular formula is C22H23N3O5S. The quantitative estimate of drug-likeness (QED) is 0.623. The number of piperidine rings is 1. The normalized spacial score (nSPS) is 16.1. The molecule has 2 amide bonds. The number of thiazole rings is 1. The SMILES string of the molecule is COc1ccc(OC)c(-c2csc(NC(=O)[C@@H]3CCCN(C(=O)c4ccoc4)C3)n2)c1. The van der Waals surface area contributed by atoms with E-state index in [0.717, 1.165) is 18.4 Å². The van der Waals surface area contributed by atoms with Gasteiger partial charge in [-0.05, 0) is 37.1 Å². The predicted octanol–water partition coefficient (Wildman–Crippen LogP) is 3.91. The first kappa shape index (κ1) is 20.9. The number of nitrogens with one attached hydrogen (secondary N) is 1. The number of hydrogen-bond donors (Lipinski definition) is 1. The number of ether oxygens (including phenoxy) is 2. The predicted molar refractivity (Wildman–Crippen MR) is 117 cm³/mol. The molecule has 0 bridgehead atoms. The Kier molecular flexibility index (Phi) is 6.22. The number of anilines is 1. The standard InChI is InChI=1S/C22H23N3O5S/c1-28-16-5-6-19(29-2)17(10-16)18-13-31-22(23-18)24-20(26)14-4-3-8-25(11-14)21(27)15-7-9-30-12-15/h5-7,9-10,12-14H,3-4,8,11H2,1-2H3,(H,23,24,26)/t14-/m1/s1. The number of carbonyl (C=O) groups excluding carboxylic acids is 2. The Balaban J connectivity index is 1.44. The Bertz CT molecular complexity index is 1060. The Morgan fingerprint density at radius 3 is 2.87 bits per heavy atom. The molecule has 1 aromatic carbocycles. The van der Waals surface area contributed by atoms with Gasteiger partial charge in [0.05, 0.1) is 37.7 Å². The van der Waals surface area contributed by atoms with Gasteiger partial charge in [0, 0.05) is 24.0 Å². The third-order valence-electron chi connectivity index (χ3n) is 5.26. The molecule has 31 heavy (non-hydrogen) atoms. The van der Waals surface area contributed by atoms with Crippen molar-refractivity contribution >= 4 is 28.3 Å². The molecule has 1 aliphatic heterocycles. The van der Waals surface area contributed by atoms with Gasteiger partial charge in [-0.1, -0.05) is 0 Å². The highest BCUT2D eigenvalue weighted by Gasteiger charge is 2.29. The molecule has 9 heteroatoms. The van der Waals surface area contributed by atoms with Crippen molar-refractivity contribution in [2.75, 3.05) is 32.6 Å². The van der Waals surface area contributed by atoms with E-state index in [2.05, 4.69) is 10.3 Å². The van der Waals surface area contributed by atoms with Crippen molar-refractivity contribution in [3.63, 3.8) is 0 Å². The van der Waals surface area contributed by atoms with Gasteiger partial charge < -0.3 is 24.1 Å². The zero-order valence-electron chi connectivity index (χ0n) is 17.3. The number of amides is 2. The minimum absolute atomic E-state index is 0.118. The third-order valence-corrected chi connectivity index (χ3v) is 6.02. The Hall–Kier alpha value is -3.33. The first-order valence-corrected chi connectivity index (χ1v) is 10.8. The van der Waals surface area contributed by atoms with Crippen LogP contribution in [-0.4, -0.2) is 49.0 Å². The van der Waals surface area contributed by atoms with Crippen LogP contribution in [0.3, 0.4) is 0 Å². The van der Waals surface area contributed by atoms with E-state index in [0.29, 0.717) is 41.0 Å². The number of nitrogens with zero attached hydrogens (tertiary/aromatic N) is 2. The molecule has 2 aromatic heterocycles. The highest BCUT2D eigenvalue weighted by molar-refractivity contribution is 7.14. The van der Waals surface area contributed by atoms with Crippen molar-refractivity contribution < 1.29 is 23.5 Å². The van der Waals surface area contributed by atoms with Crippen molar-refractivity contribution in [2.24, 2.45) is 5.92 Å². The molecular weight excluding hydrogens is 418 g/mol. The number of carbonyl (C=O) groups is 2. The van der Waals surface area contributed by atoms with Crippen LogP contribution in [-0.2, 0) is 4.79 Å². The molecule has 4 rings (SSSR count). The number of likely N-dealkylation sites (tertiary alicyclic amines) is 1. The lowest BCUT2D eigenvalue weighted by Gasteiger charge is -2.31. The lowest BCUT2D eigenvalue weighted by molar-refractivity contribution is -0.121. The highest BCUT2D eigenvalue weighted by atomic mass is 32.1. The molecule has 1 saturated heterocycles. The van der Waals surface area contributed by atoms with E-state index >= 15 is 0 Å². The lowest BCUT2D eigenvalue weighted by atomic mass is 9.97. The number of aromatic nitrogens is 1. The van der Waals surface area contributed by atoms with Crippen LogP contribution in [0.4, 0.5) is 5.13 Å². The van der Waals surface area contributed by atoms with Crippen LogP contribution in [0.15, 0.2) is 46.6 Å². The minimum atomic E-state index is -0.289. The maximum absolute atomic E-state index is 12.8. The van der Waals surface area contributed by atoms with Crippen LogP contribution in [0, 0.1) is 5.92 Å². The van der Waals surface area contributed by atoms with E-state index in [1.54, 1.807) is 25.2 Å². The largest absolute Gasteiger partial charge is 0.497 e. The van der Waals surface area contributed by atoms with Crippen LogP contribution in [0.25, 0.3) is 11.3 Å². The lowest BCUT2D eigenvalue weighted by Crippen LogP contribution is -2.43. The molecule has 0 spiro atoms. The molecule has 0 saturated carbocycles. The zero-order valence-corrected chi connectivity index (χ0v) is 18.1. The van der Waals surface area contributed by atoms with E-state index < -0.39 is 0 Å². The number of furan rings is 1. The van der Waals surface area contributed by atoms with Gasteiger partial charge in [-0.2, -0.15) is 0 Å². The summed E-state index contributed by atoms with van der Waals surface area (Å²) in [5.74, 6) is 0.822. The van der Waals surface area contributed by atoms with Crippen LogP contribution in [0.5, 0.6) is 11.5 Å². The van der Waals surface area contributed by atoms with Gasteiger partial charge in [-0.25, -0.2) is 4.98 Å². The summed E-state index contributed by atoms with van der Waals surface area (Å²) in [7, 11) is 3.20. The van der Waals surface area contributed by atoms with Crippen molar-refractivity contribution in [3.8, 4) is 22.8 Å². The molecule has 1 fully saturated rings. The van der Waals surface area contributed by atoms with Gasteiger partial charge in [0.2, 0.25) is 5.91 Å². The second-order valence-electron chi connectivity index (χ2n) is 7.20. The Morgan fingerprint density at radius 2 is 2.13 bits per heavy atom. The van der Waals surface area contributed by atoms with Gasteiger partial charge in [-0.3, -0.25) is 9.59 Å². The first-order chi connectivity index (χ1) is 15.1. The minimum Gasteiger partial charge on any atom is -0.497 e. The van der Waals surface area contributed by atoms with Gasteiger partial charge in [0.15, 0.2) is 5.13 Å². The Morgan fingerprint density at radius 1 is 1.26 bits per heavy atom. The average molecular weight is 442 g/mol. The zero-order chi connectivity index (χ0) is 21.8. The molecule has 3 heterocycles. The summed E-state index contributed by atoms with van der Waals surface area (Å²) in [5, 5.41) is 5.27. The van der Waals surface area contributed by atoms with Gasteiger partial charge in [0.1, 0.15) is 17.8 Å². The van der Waals surface area contributed by atoms with Gasteiger partial charge in [0.25, 0.3) is 5.91 Å². The second kappa shape index (κ2) is 9.22. The van der Waals surface area contributed by atoms with Crippen LogP contribution < -0.4 is 14.8 Å². The van der Waals surface area contributed by atoms with E-state index in [9.17, 15) is 9.59 Å². The first-order valence-electron chi connectivity index (χ1n) is 9.89. The van der Waals surface area contributed by atoms with Crippen LogP contribution in [0.2, 0.25) is 0 Å². The summed E-state index contributed by atoms with van der Waals surface area (Å²) >= 11 is 1.34. The number of benzene rings is 1. The molecule has 8 nitrogen and oxygen atoms in total. The van der Waals surface area contributed by atoms with Crippen molar-refractivity contribution in [1.82, 2.24) is 9.88 Å². The van der Waals surface area contributed by atoms with Gasteiger partial charge in [-0.15, -0.1) is 11.3 Å². The smallest absolute Gasteiger partial charge is 0.257 e. The molecule has 1 N–H and O–H groups in total. The summed E-state index contributed by atoms with van der Waals surface area (Å²) in [6.45, 7) is 1.00.